The number of aliphatic hydroxyl groups is 1. The molecule has 3 heteroatoms. The summed E-state index contributed by atoms with van der Waals surface area (Å²) in [7, 11) is 0. The summed E-state index contributed by atoms with van der Waals surface area (Å²) < 4.78 is 5.42. The summed E-state index contributed by atoms with van der Waals surface area (Å²) in [4.78, 5) is 11.4. The van der Waals surface area contributed by atoms with Crippen molar-refractivity contribution in [2.75, 3.05) is 0 Å². The van der Waals surface area contributed by atoms with Crippen LogP contribution in [0.5, 0.6) is 0 Å². The highest BCUT2D eigenvalue weighted by Gasteiger charge is 2.55. The fraction of sp³-hybridized carbons (Fsp3) is 0.727. The van der Waals surface area contributed by atoms with Crippen LogP contribution < -0.4 is 0 Å². The van der Waals surface area contributed by atoms with Gasteiger partial charge in [-0.25, -0.2) is 4.79 Å². The lowest BCUT2D eigenvalue weighted by atomic mass is 9.95. The molecule has 14 heavy (non-hydrogen) atoms. The molecule has 0 atom stereocenters. The summed E-state index contributed by atoms with van der Waals surface area (Å²) >= 11 is 0. The summed E-state index contributed by atoms with van der Waals surface area (Å²) in [5.41, 5.74) is -0.512. The number of esters is 1. The van der Waals surface area contributed by atoms with E-state index in [9.17, 15) is 9.90 Å². The van der Waals surface area contributed by atoms with Crippen molar-refractivity contribution in [1.82, 2.24) is 0 Å². The van der Waals surface area contributed by atoms with Crippen LogP contribution in [-0.2, 0) is 9.53 Å². The molecule has 0 spiro atoms. The van der Waals surface area contributed by atoms with Crippen molar-refractivity contribution in [3.8, 4) is 0 Å². The minimum absolute atomic E-state index is 0.323. The number of carbonyl (C=O) groups excluding carboxylic acids is 1. The molecule has 2 fully saturated rings. The van der Waals surface area contributed by atoms with Crippen LogP contribution in [-0.4, -0.2) is 22.3 Å². The van der Waals surface area contributed by atoms with Gasteiger partial charge in [-0.15, -0.1) is 0 Å². The second-order valence-electron chi connectivity index (χ2n) is 4.75. The number of ether oxygens (including phenoxy) is 1. The van der Waals surface area contributed by atoms with Crippen LogP contribution >= 0.6 is 0 Å². The number of hydrogen-bond acceptors (Lipinski definition) is 3. The van der Waals surface area contributed by atoms with E-state index in [1.165, 1.54) is 0 Å². The Morgan fingerprint density at radius 1 is 1.36 bits per heavy atom. The van der Waals surface area contributed by atoms with Crippen LogP contribution in [0.2, 0.25) is 0 Å². The lowest BCUT2D eigenvalue weighted by Crippen LogP contribution is -2.30. The first-order chi connectivity index (χ1) is 6.45. The number of hydrogen-bond donors (Lipinski definition) is 1. The van der Waals surface area contributed by atoms with Gasteiger partial charge in [0.1, 0.15) is 5.60 Å². The molecule has 0 amide bonds. The van der Waals surface area contributed by atoms with Gasteiger partial charge in [0.05, 0.1) is 5.60 Å². The van der Waals surface area contributed by atoms with Crippen LogP contribution in [0, 0.1) is 0 Å². The molecule has 0 saturated heterocycles. The van der Waals surface area contributed by atoms with E-state index in [0.29, 0.717) is 12.0 Å². The van der Waals surface area contributed by atoms with Gasteiger partial charge < -0.3 is 9.84 Å². The van der Waals surface area contributed by atoms with Gasteiger partial charge in [0.25, 0.3) is 0 Å². The Kier molecular flexibility index (Phi) is 1.96. The van der Waals surface area contributed by atoms with Gasteiger partial charge in [0.15, 0.2) is 0 Å². The van der Waals surface area contributed by atoms with Gasteiger partial charge >= 0.3 is 5.97 Å². The monoisotopic (exact) mass is 196 g/mol. The maximum atomic E-state index is 11.4. The standard InChI is InChI=1S/C11H16O3/c1-8(2)9(12)14-11-5-3-10(13,7-11)4-6-11/h13H,1,3-7H2,2H3. The highest BCUT2D eigenvalue weighted by atomic mass is 16.6. The van der Waals surface area contributed by atoms with Crippen LogP contribution in [0.25, 0.3) is 0 Å². The Labute approximate surface area is 83.8 Å². The normalized spacial score (nSPS) is 39.9. The van der Waals surface area contributed by atoms with Crippen molar-refractivity contribution in [1.29, 1.82) is 0 Å². The summed E-state index contributed by atoms with van der Waals surface area (Å²) in [5.74, 6) is -0.323. The van der Waals surface area contributed by atoms with Crippen molar-refractivity contribution in [2.45, 2.75) is 50.2 Å². The van der Waals surface area contributed by atoms with E-state index in [2.05, 4.69) is 6.58 Å². The quantitative estimate of drug-likeness (QED) is 0.538. The van der Waals surface area contributed by atoms with E-state index in [1.54, 1.807) is 6.92 Å². The SMILES string of the molecule is C=C(C)C(=O)OC12CCC(O)(CC1)C2. The molecule has 78 valence electrons. The van der Waals surface area contributed by atoms with Gasteiger partial charge in [-0.3, -0.25) is 0 Å². The molecule has 2 aliphatic carbocycles. The third-order valence-electron chi connectivity index (χ3n) is 3.40. The average molecular weight is 196 g/mol. The molecule has 0 unspecified atom stereocenters. The van der Waals surface area contributed by atoms with Gasteiger partial charge in [0, 0.05) is 12.0 Å². The molecule has 2 saturated carbocycles. The molecule has 2 bridgehead atoms. The highest BCUT2D eigenvalue weighted by molar-refractivity contribution is 5.87. The summed E-state index contributed by atoms with van der Waals surface area (Å²) in [5, 5.41) is 9.94. The zero-order chi connectivity index (χ0) is 10.4. The van der Waals surface area contributed by atoms with E-state index in [4.69, 9.17) is 4.74 Å². The zero-order valence-corrected chi connectivity index (χ0v) is 8.51. The smallest absolute Gasteiger partial charge is 0.333 e. The molecule has 0 aromatic carbocycles. The Morgan fingerprint density at radius 2 is 1.93 bits per heavy atom. The van der Waals surface area contributed by atoms with Crippen LogP contribution in [0.3, 0.4) is 0 Å². The van der Waals surface area contributed by atoms with Crippen LogP contribution in [0.1, 0.15) is 39.0 Å². The lowest BCUT2D eigenvalue weighted by molar-refractivity contribution is -0.153. The van der Waals surface area contributed by atoms with Crippen molar-refractivity contribution in [2.24, 2.45) is 0 Å². The number of carbonyl (C=O) groups is 1. The molecule has 1 N–H and O–H groups in total. The molecule has 2 aliphatic rings. The van der Waals surface area contributed by atoms with Crippen LogP contribution in [0.4, 0.5) is 0 Å². The van der Waals surface area contributed by atoms with Crippen molar-refractivity contribution >= 4 is 5.97 Å². The maximum absolute atomic E-state index is 11.4. The molecule has 0 heterocycles. The Morgan fingerprint density at radius 3 is 2.29 bits per heavy atom. The number of fused-ring (bicyclic) bond motifs is 2. The molecular formula is C11H16O3. The first-order valence-electron chi connectivity index (χ1n) is 5.06. The fourth-order valence-electron chi connectivity index (χ4n) is 2.55. The fourth-order valence-corrected chi connectivity index (χ4v) is 2.55. The van der Waals surface area contributed by atoms with Gasteiger partial charge in [-0.1, -0.05) is 6.58 Å². The van der Waals surface area contributed by atoms with Crippen molar-refractivity contribution < 1.29 is 14.6 Å². The lowest BCUT2D eigenvalue weighted by Gasteiger charge is -2.26. The Hall–Kier alpha value is -0.830. The summed E-state index contributed by atoms with van der Waals surface area (Å²) in [6, 6.07) is 0. The van der Waals surface area contributed by atoms with Gasteiger partial charge in [-0.05, 0) is 32.6 Å². The third-order valence-corrected chi connectivity index (χ3v) is 3.40. The predicted molar refractivity (Wildman–Crippen MR) is 51.7 cm³/mol. The molecule has 0 radical (unpaired) electrons. The van der Waals surface area contributed by atoms with E-state index >= 15 is 0 Å². The number of rotatable bonds is 2. The second-order valence-corrected chi connectivity index (χ2v) is 4.75. The Bertz CT molecular complexity index is 285. The first kappa shape index (κ1) is 9.71. The topological polar surface area (TPSA) is 46.5 Å². The average Bonchev–Trinajstić information content (AvgIpc) is 2.57. The van der Waals surface area contributed by atoms with Gasteiger partial charge in [-0.2, -0.15) is 0 Å². The predicted octanol–water partition coefficient (Wildman–Crippen LogP) is 1.55. The van der Waals surface area contributed by atoms with Gasteiger partial charge in [0.2, 0.25) is 0 Å². The van der Waals surface area contributed by atoms with Crippen LogP contribution in [0.15, 0.2) is 12.2 Å². The van der Waals surface area contributed by atoms with E-state index in [-0.39, 0.29) is 11.6 Å². The van der Waals surface area contributed by atoms with E-state index in [0.717, 1.165) is 25.7 Å². The zero-order valence-electron chi connectivity index (χ0n) is 8.51. The Balaban J connectivity index is 2.06. The largest absolute Gasteiger partial charge is 0.456 e. The highest BCUT2D eigenvalue weighted by Crippen LogP contribution is 2.52. The minimum Gasteiger partial charge on any atom is -0.456 e. The summed E-state index contributed by atoms with van der Waals surface area (Å²) in [6.07, 6.45) is 3.72. The van der Waals surface area contributed by atoms with Crippen molar-refractivity contribution in [3.63, 3.8) is 0 Å². The molecule has 3 nitrogen and oxygen atoms in total. The minimum atomic E-state index is -0.560. The van der Waals surface area contributed by atoms with E-state index < -0.39 is 5.60 Å². The molecule has 2 rings (SSSR count). The van der Waals surface area contributed by atoms with E-state index in [1.807, 2.05) is 0 Å². The van der Waals surface area contributed by atoms with Crippen molar-refractivity contribution in [3.05, 3.63) is 12.2 Å². The molecule has 0 aromatic heterocycles. The molecule has 0 aromatic rings. The second kappa shape index (κ2) is 2.83. The molecular weight excluding hydrogens is 180 g/mol. The first-order valence-corrected chi connectivity index (χ1v) is 5.06. The summed E-state index contributed by atoms with van der Waals surface area (Å²) in [6.45, 7) is 5.20. The molecule has 0 aliphatic heterocycles. The third kappa shape index (κ3) is 1.46. The maximum Gasteiger partial charge on any atom is 0.333 e.